The lowest BCUT2D eigenvalue weighted by Crippen LogP contribution is -2.37. The lowest BCUT2D eigenvalue weighted by molar-refractivity contribution is 0.269. The van der Waals surface area contributed by atoms with Crippen molar-refractivity contribution >= 4 is 0 Å². The second kappa shape index (κ2) is 5.88. The van der Waals surface area contributed by atoms with Gasteiger partial charge in [-0.2, -0.15) is 0 Å². The number of hydrogen-bond donors (Lipinski definition) is 1. The molecule has 2 rings (SSSR count). The van der Waals surface area contributed by atoms with E-state index in [2.05, 4.69) is 50.4 Å². The molecule has 1 fully saturated rings. The minimum atomic E-state index is 0.513. The molecule has 1 saturated carbocycles. The fourth-order valence-electron chi connectivity index (χ4n) is 3.10. The van der Waals surface area contributed by atoms with Crippen molar-refractivity contribution < 1.29 is 0 Å². The maximum Gasteiger partial charge on any atom is 0.00134 e. The zero-order valence-electron chi connectivity index (χ0n) is 12.1. The maximum absolute atomic E-state index is 3.66. The number of benzene rings is 1. The molecule has 1 aromatic carbocycles. The summed E-state index contributed by atoms with van der Waals surface area (Å²) in [6.45, 7) is 7.83. The predicted octanol–water partition coefficient (Wildman–Crippen LogP) is 4.10. The van der Waals surface area contributed by atoms with Crippen molar-refractivity contribution in [3.05, 3.63) is 35.4 Å². The van der Waals surface area contributed by atoms with E-state index in [-0.39, 0.29) is 0 Å². The van der Waals surface area contributed by atoms with Gasteiger partial charge in [0.25, 0.3) is 0 Å². The summed E-state index contributed by atoms with van der Waals surface area (Å²) in [5.41, 5.74) is 3.38. The monoisotopic (exact) mass is 245 g/mol. The first-order chi connectivity index (χ1) is 8.60. The molecule has 0 aromatic heterocycles. The summed E-state index contributed by atoms with van der Waals surface area (Å²) in [5.74, 6) is 0. The standard InChI is InChI=1S/C17H27N/c1-14(2)18-13-17(10-4-5-11-17)12-16-8-6-15(3)7-9-16/h6-9,14,18H,4-5,10-13H2,1-3H3. The van der Waals surface area contributed by atoms with Crippen molar-refractivity contribution in [1.29, 1.82) is 0 Å². The highest BCUT2D eigenvalue weighted by Gasteiger charge is 2.33. The maximum atomic E-state index is 3.66. The Morgan fingerprint density at radius 3 is 2.28 bits per heavy atom. The third kappa shape index (κ3) is 3.58. The normalized spacial score (nSPS) is 18.4. The van der Waals surface area contributed by atoms with Crippen LogP contribution in [0.4, 0.5) is 0 Å². The second-order valence-electron chi connectivity index (χ2n) is 6.41. The van der Waals surface area contributed by atoms with E-state index in [1.54, 1.807) is 0 Å². The van der Waals surface area contributed by atoms with Crippen LogP contribution in [0.25, 0.3) is 0 Å². The van der Waals surface area contributed by atoms with E-state index in [1.807, 2.05) is 0 Å². The van der Waals surface area contributed by atoms with Crippen LogP contribution in [0.3, 0.4) is 0 Å². The molecule has 0 unspecified atom stereocenters. The van der Waals surface area contributed by atoms with Gasteiger partial charge in [0.2, 0.25) is 0 Å². The third-order valence-corrected chi connectivity index (χ3v) is 4.25. The molecule has 1 nitrogen and oxygen atoms in total. The van der Waals surface area contributed by atoms with Gasteiger partial charge >= 0.3 is 0 Å². The van der Waals surface area contributed by atoms with Crippen LogP contribution >= 0.6 is 0 Å². The van der Waals surface area contributed by atoms with Gasteiger partial charge in [-0.3, -0.25) is 0 Å². The molecule has 0 saturated heterocycles. The molecule has 18 heavy (non-hydrogen) atoms. The first-order valence-corrected chi connectivity index (χ1v) is 7.39. The van der Waals surface area contributed by atoms with Crippen molar-refractivity contribution in [2.75, 3.05) is 6.54 Å². The molecule has 0 amide bonds. The molecular formula is C17H27N. The summed E-state index contributed by atoms with van der Waals surface area (Å²) < 4.78 is 0. The van der Waals surface area contributed by atoms with Crippen molar-refractivity contribution in [3.8, 4) is 0 Å². The minimum absolute atomic E-state index is 0.513. The molecule has 1 aromatic rings. The fraction of sp³-hybridized carbons (Fsp3) is 0.647. The summed E-state index contributed by atoms with van der Waals surface area (Å²) in [6.07, 6.45) is 6.84. The van der Waals surface area contributed by atoms with E-state index < -0.39 is 0 Å². The molecule has 1 aliphatic rings. The fourth-order valence-corrected chi connectivity index (χ4v) is 3.10. The molecule has 1 aliphatic carbocycles. The molecule has 0 radical (unpaired) electrons. The predicted molar refractivity (Wildman–Crippen MR) is 78.9 cm³/mol. The molecule has 1 N–H and O–H groups in total. The van der Waals surface area contributed by atoms with Crippen LogP contribution in [0.15, 0.2) is 24.3 Å². The molecule has 1 heteroatoms. The van der Waals surface area contributed by atoms with Gasteiger partial charge in [-0.05, 0) is 37.2 Å². The molecule has 0 atom stereocenters. The molecule has 0 heterocycles. The highest BCUT2D eigenvalue weighted by molar-refractivity contribution is 5.22. The Morgan fingerprint density at radius 2 is 1.72 bits per heavy atom. The van der Waals surface area contributed by atoms with Crippen molar-refractivity contribution in [3.63, 3.8) is 0 Å². The molecule has 0 aliphatic heterocycles. The Hall–Kier alpha value is -0.820. The zero-order valence-corrected chi connectivity index (χ0v) is 12.1. The van der Waals surface area contributed by atoms with Gasteiger partial charge in [0.1, 0.15) is 0 Å². The smallest absolute Gasteiger partial charge is 0.00134 e. The van der Waals surface area contributed by atoms with Crippen LogP contribution in [-0.4, -0.2) is 12.6 Å². The SMILES string of the molecule is Cc1ccc(CC2(CNC(C)C)CCCC2)cc1. The third-order valence-electron chi connectivity index (χ3n) is 4.25. The average molecular weight is 245 g/mol. The summed E-state index contributed by atoms with van der Waals surface area (Å²) >= 11 is 0. The molecular weight excluding hydrogens is 218 g/mol. The van der Waals surface area contributed by atoms with Crippen LogP contribution in [0.1, 0.15) is 50.7 Å². The Kier molecular flexibility index (Phi) is 4.45. The number of rotatable bonds is 5. The molecule has 0 bridgehead atoms. The minimum Gasteiger partial charge on any atom is -0.314 e. The average Bonchev–Trinajstić information content (AvgIpc) is 2.79. The lowest BCUT2D eigenvalue weighted by atomic mass is 9.79. The Labute approximate surface area is 112 Å². The van der Waals surface area contributed by atoms with E-state index in [9.17, 15) is 0 Å². The van der Waals surface area contributed by atoms with Gasteiger partial charge in [-0.15, -0.1) is 0 Å². The van der Waals surface area contributed by atoms with Crippen LogP contribution in [0.5, 0.6) is 0 Å². The Bertz CT molecular complexity index is 358. The quantitative estimate of drug-likeness (QED) is 0.823. The van der Waals surface area contributed by atoms with Crippen molar-refractivity contribution in [2.45, 2.75) is 58.9 Å². The largest absolute Gasteiger partial charge is 0.314 e. The van der Waals surface area contributed by atoms with Gasteiger partial charge in [-0.1, -0.05) is 56.5 Å². The number of hydrogen-bond acceptors (Lipinski definition) is 1. The van der Waals surface area contributed by atoms with E-state index in [0.29, 0.717) is 11.5 Å². The topological polar surface area (TPSA) is 12.0 Å². The van der Waals surface area contributed by atoms with Crippen molar-refractivity contribution in [2.24, 2.45) is 5.41 Å². The Morgan fingerprint density at radius 1 is 1.11 bits per heavy atom. The van der Waals surface area contributed by atoms with E-state index in [1.165, 1.54) is 49.8 Å². The van der Waals surface area contributed by atoms with Crippen LogP contribution in [-0.2, 0) is 6.42 Å². The zero-order chi connectivity index (χ0) is 13.0. The first-order valence-electron chi connectivity index (χ1n) is 7.39. The summed E-state index contributed by atoms with van der Waals surface area (Å²) in [4.78, 5) is 0. The first kappa shape index (κ1) is 13.6. The summed E-state index contributed by atoms with van der Waals surface area (Å²) in [5, 5.41) is 3.66. The number of aryl methyl sites for hydroxylation is 1. The van der Waals surface area contributed by atoms with Crippen LogP contribution in [0.2, 0.25) is 0 Å². The molecule has 0 spiro atoms. The van der Waals surface area contributed by atoms with Gasteiger partial charge in [0, 0.05) is 12.6 Å². The van der Waals surface area contributed by atoms with Gasteiger partial charge in [-0.25, -0.2) is 0 Å². The van der Waals surface area contributed by atoms with Crippen LogP contribution < -0.4 is 5.32 Å². The van der Waals surface area contributed by atoms with E-state index in [4.69, 9.17) is 0 Å². The van der Waals surface area contributed by atoms with E-state index >= 15 is 0 Å². The highest BCUT2D eigenvalue weighted by Crippen LogP contribution is 2.40. The summed E-state index contributed by atoms with van der Waals surface area (Å²) in [6, 6.07) is 9.71. The number of nitrogens with one attached hydrogen (secondary N) is 1. The van der Waals surface area contributed by atoms with Gasteiger partial charge in [0.15, 0.2) is 0 Å². The molecule has 100 valence electrons. The van der Waals surface area contributed by atoms with Gasteiger partial charge < -0.3 is 5.32 Å². The van der Waals surface area contributed by atoms with Gasteiger partial charge in [0.05, 0.1) is 0 Å². The second-order valence-corrected chi connectivity index (χ2v) is 6.41. The van der Waals surface area contributed by atoms with E-state index in [0.717, 1.165) is 0 Å². The Balaban J connectivity index is 2.03. The highest BCUT2D eigenvalue weighted by atomic mass is 14.9. The van der Waals surface area contributed by atoms with Crippen molar-refractivity contribution in [1.82, 2.24) is 5.32 Å². The lowest BCUT2D eigenvalue weighted by Gasteiger charge is -2.30. The summed E-state index contributed by atoms with van der Waals surface area (Å²) in [7, 11) is 0. The van der Waals surface area contributed by atoms with Crippen LogP contribution in [0, 0.1) is 12.3 Å².